The van der Waals surface area contributed by atoms with Crippen molar-refractivity contribution in [2.24, 2.45) is 5.92 Å². The minimum Gasteiger partial charge on any atom is -0.273 e. The van der Waals surface area contributed by atoms with Gasteiger partial charge in [0, 0.05) is 4.47 Å². The standard InChI is InChI=1S/C27H19BrN2O3/c28-18-10-7-13-20(16-18)29-26(31)23-24(22-15-6-9-17-8-4-5-14-21(17)22)30(33-25(23)27(29)32)19-11-2-1-3-12-19/h1-16,23-25H/t23-,24-,25-/m0/s1. The lowest BCUT2D eigenvalue weighted by Crippen LogP contribution is -2.37. The van der Waals surface area contributed by atoms with Crippen LogP contribution in [0.2, 0.25) is 0 Å². The Morgan fingerprint density at radius 1 is 0.727 bits per heavy atom. The SMILES string of the molecule is O=C1[C@@H]2[C@H](ON(c3ccccc3)[C@H]2c2cccc3ccccc23)C(=O)N1c1cccc(Br)c1. The van der Waals surface area contributed by atoms with Crippen LogP contribution in [-0.2, 0) is 14.4 Å². The normalized spacial score (nSPS) is 22.3. The number of rotatable bonds is 3. The first-order chi connectivity index (χ1) is 16.1. The zero-order valence-electron chi connectivity index (χ0n) is 17.5. The minimum atomic E-state index is -0.888. The van der Waals surface area contributed by atoms with E-state index < -0.39 is 18.1 Å². The number of carbonyl (C=O) groups excluding carboxylic acids is 2. The zero-order chi connectivity index (χ0) is 22.5. The molecular formula is C27H19BrN2O3. The van der Waals surface area contributed by atoms with Gasteiger partial charge in [0.15, 0.2) is 6.10 Å². The molecule has 0 spiro atoms. The maximum Gasteiger partial charge on any atom is 0.266 e. The summed E-state index contributed by atoms with van der Waals surface area (Å²) in [4.78, 5) is 34.8. The highest BCUT2D eigenvalue weighted by atomic mass is 79.9. The van der Waals surface area contributed by atoms with Crippen LogP contribution < -0.4 is 9.96 Å². The monoisotopic (exact) mass is 498 g/mol. The van der Waals surface area contributed by atoms with E-state index in [2.05, 4.69) is 34.1 Å². The number of nitrogens with zero attached hydrogens (tertiary/aromatic N) is 2. The van der Waals surface area contributed by atoms with Gasteiger partial charge in [0.1, 0.15) is 5.92 Å². The highest BCUT2D eigenvalue weighted by Crippen LogP contribution is 2.49. The second kappa shape index (κ2) is 7.83. The number of amides is 2. The van der Waals surface area contributed by atoms with Gasteiger partial charge in [-0.15, -0.1) is 0 Å². The van der Waals surface area contributed by atoms with Gasteiger partial charge in [-0.1, -0.05) is 82.7 Å². The van der Waals surface area contributed by atoms with Gasteiger partial charge in [-0.2, -0.15) is 0 Å². The van der Waals surface area contributed by atoms with E-state index in [9.17, 15) is 9.59 Å². The molecule has 0 N–H and O–H groups in total. The van der Waals surface area contributed by atoms with Crippen LogP contribution in [0, 0.1) is 5.92 Å². The summed E-state index contributed by atoms with van der Waals surface area (Å²) in [6, 6.07) is 30.5. The average molecular weight is 499 g/mol. The van der Waals surface area contributed by atoms with E-state index in [0.717, 1.165) is 26.5 Å². The molecule has 4 aromatic rings. The number of carbonyl (C=O) groups is 2. The Bertz CT molecular complexity index is 1390. The molecule has 4 aromatic carbocycles. The van der Waals surface area contributed by atoms with E-state index in [1.807, 2.05) is 66.7 Å². The molecule has 6 rings (SSSR count). The second-order valence-corrected chi connectivity index (χ2v) is 9.13. The van der Waals surface area contributed by atoms with E-state index in [1.54, 1.807) is 17.2 Å². The number of para-hydroxylation sites is 1. The van der Waals surface area contributed by atoms with Crippen LogP contribution in [-0.4, -0.2) is 17.9 Å². The lowest BCUT2D eigenvalue weighted by atomic mass is 9.87. The van der Waals surface area contributed by atoms with E-state index >= 15 is 0 Å². The van der Waals surface area contributed by atoms with Crippen molar-refractivity contribution in [3.63, 3.8) is 0 Å². The van der Waals surface area contributed by atoms with Crippen LogP contribution in [0.4, 0.5) is 11.4 Å². The van der Waals surface area contributed by atoms with Gasteiger partial charge in [0.05, 0.1) is 17.4 Å². The molecule has 2 amide bonds. The van der Waals surface area contributed by atoms with Crippen LogP contribution in [0.15, 0.2) is 102 Å². The largest absolute Gasteiger partial charge is 0.273 e. The lowest BCUT2D eigenvalue weighted by Gasteiger charge is -2.29. The number of imide groups is 1. The second-order valence-electron chi connectivity index (χ2n) is 8.22. The third-order valence-corrected chi connectivity index (χ3v) is 6.83. The molecule has 0 aromatic heterocycles. The predicted octanol–water partition coefficient (Wildman–Crippen LogP) is 5.65. The maximum atomic E-state index is 13.8. The summed E-state index contributed by atoms with van der Waals surface area (Å²) in [7, 11) is 0. The minimum absolute atomic E-state index is 0.250. The summed E-state index contributed by atoms with van der Waals surface area (Å²) < 4.78 is 0.801. The van der Waals surface area contributed by atoms with E-state index in [-0.39, 0.29) is 11.8 Å². The average Bonchev–Trinajstić information content (AvgIpc) is 3.35. The Labute approximate surface area is 199 Å². The molecule has 33 heavy (non-hydrogen) atoms. The van der Waals surface area contributed by atoms with Gasteiger partial charge in [0.25, 0.3) is 5.91 Å². The van der Waals surface area contributed by atoms with Crippen molar-refractivity contribution < 1.29 is 14.4 Å². The van der Waals surface area contributed by atoms with Gasteiger partial charge in [0.2, 0.25) is 5.91 Å². The number of halogens is 1. The van der Waals surface area contributed by atoms with Gasteiger partial charge in [-0.25, -0.2) is 9.96 Å². The Morgan fingerprint density at radius 2 is 1.42 bits per heavy atom. The highest BCUT2D eigenvalue weighted by molar-refractivity contribution is 9.10. The summed E-state index contributed by atoms with van der Waals surface area (Å²) in [5.74, 6) is -1.26. The number of anilines is 2. The first-order valence-electron chi connectivity index (χ1n) is 10.8. The molecule has 6 heteroatoms. The first kappa shape index (κ1) is 20.1. The Morgan fingerprint density at radius 3 is 2.24 bits per heavy atom. The maximum absolute atomic E-state index is 13.8. The molecule has 0 bridgehead atoms. The Kier molecular flexibility index (Phi) is 4.78. The van der Waals surface area contributed by atoms with Crippen molar-refractivity contribution in [2.75, 3.05) is 9.96 Å². The molecule has 2 fully saturated rings. The molecule has 0 radical (unpaired) electrons. The van der Waals surface area contributed by atoms with Gasteiger partial charge in [-0.05, 0) is 46.7 Å². The third-order valence-electron chi connectivity index (χ3n) is 6.33. The number of fused-ring (bicyclic) bond motifs is 2. The molecule has 162 valence electrons. The molecule has 2 aliphatic rings. The van der Waals surface area contributed by atoms with Gasteiger partial charge >= 0.3 is 0 Å². The zero-order valence-corrected chi connectivity index (χ0v) is 19.1. The summed E-state index contributed by atoms with van der Waals surface area (Å²) >= 11 is 3.44. The fourth-order valence-electron chi connectivity index (χ4n) is 4.91. The van der Waals surface area contributed by atoms with Crippen molar-refractivity contribution in [1.29, 1.82) is 0 Å². The quantitative estimate of drug-likeness (QED) is 0.342. The van der Waals surface area contributed by atoms with Crippen LogP contribution in [0.3, 0.4) is 0 Å². The fourth-order valence-corrected chi connectivity index (χ4v) is 5.29. The van der Waals surface area contributed by atoms with Crippen molar-refractivity contribution in [3.05, 3.63) is 107 Å². The van der Waals surface area contributed by atoms with E-state index in [0.29, 0.717) is 5.69 Å². The molecule has 2 saturated heterocycles. The summed E-state index contributed by atoms with van der Waals surface area (Å²) in [6.07, 6.45) is -0.888. The smallest absolute Gasteiger partial charge is 0.266 e. The third kappa shape index (κ3) is 3.17. The van der Waals surface area contributed by atoms with Crippen LogP contribution >= 0.6 is 15.9 Å². The fraction of sp³-hybridized carbons (Fsp3) is 0.111. The van der Waals surface area contributed by atoms with Crippen LogP contribution in [0.1, 0.15) is 11.6 Å². The molecule has 0 aliphatic carbocycles. The Hall–Kier alpha value is -3.48. The molecule has 3 atom stereocenters. The summed E-state index contributed by atoms with van der Waals surface area (Å²) in [5, 5.41) is 3.86. The van der Waals surface area contributed by atoms with E-state index in [4.69, 9.17) is 4.84 Å². The Balaban J connectivity index is 1.51. The van der Waals surface area contributed by atoms with E-state index in [1.165, 1.54) is 4.90 Å². The molecule has 5 nitrogen and oxygen atoms in total. The molecule has 0 saturated carbocycles. The van der Waals surface area contributed by atoms with Crippen molar-refractivity contribution >= 4 is 49.9 Å². The van der Waals surface area contributed by atoms with Gasteiger partial charge < -0.3 is 0 Å². The van der Waals surface area contributed by atoms with Gasteiger partial charge in [-0.3, -0.25) is 14.4 Å². The number of hydrogen-bond acceptors (Lipinski definition) is 4. The summed E-state index contributed by atoms with van der Waals surface area (Å²) in [5.41, 5.74) is 2.31. The first-order valence-corrected chi connectivity index (χ1v) is 11.5. The van der Waals surface area contributed by atoms with Crippen molar-refractivity contribution in [1.82, 2.24) is 0 Å². The number of hydroxylamine groups is 1. The van der Waals surface area contributed by atoms with Crippen molar-refractivity contribution in [2.45, 2.75) is 12.1 Å². The lowest BCUT2D eigenvalue weighted by molar-refractivity contribution is -0.126. The van der Waals surface area contributed by atoms with Crippen LogP contribution in [0.5, 0.6) is 0 Å². The van der Waals surface area contributed by atoms with Crippen LogP contribution in [0.25, 0.3) is 10.8 Å². The summed E-state index contributed by atoms with van der Waals surface area (Å²) in [6.45, 7) is 0. The predicted molar refractivity (Wildman–Crippen MR) is 131 cm³/mol. The molecule has 2 aliphatic heterocycles. The van der Waals surface area contributed by atoms with Crippen molar-refractivity contribution in [3.8, 4) is 0 Å². The number of benzene rings is 4. The molecular weight excluding hydrogens is 480 g/mol. The topological polar surface area (TPSA) is 49.9 Å². The molecule has 0 unspecified atom stereocenters. The molecule has 2 heterocycles. The highest BCUT2D eigenvalue weighted by Gasteiger charge is 2.60. The number of hydrogen-bond donors (Lipinski definition) is 0.